The smallest absolute Gasteiger partial charge is 0.338 e. The van der Waals surface area contributed by atoms with Gasteiger partial charge in [-0.15, -0.1) is 0 Å². The molecule has 0 aliphatic heterocycles. The number of halogens is 2. The number of amides is 2. The van der Waals surface area contributed by atoms with Gasteiger partial charge in [-0.05, 0) is 49.4 Å². The molecule has 0 saturated heterocycles. The van der Waals surface area contributed by atoms with Gasteiger partial charge in [0, 0.05) is 11.3 Å². The highest BCUT2D eigenvalue weighted by Gasteiger charge is 2.19. The van der Waals surface area contributed by atoms with E-state index in [-0.39, 0.29) is 10.6 Å². The molecule has 0 aliphatic carbocycles. The van der Waals surface area contributed by atoms with Crippen LogP contribution in [0.2, 0.25) is 10.0 Å². The van der Waals surface area contributed by atoms with Crippen LogP contribution in [0.3, 0.4) is 0 Å². The van der Waals surface area contributed by atoms with Crippen LogP contribution in [0.25, 0.3) is 0 Å². The number of rotatable bonds is 5. The van der Waals surface area contributed by atoms with Crippen LogP contribution in [0.4, 0.5) is 5.69 Å². The minimum Gasteiger partial charge on any atom is -0.449 e. The number of ether oxygens (including phenoxy) is 1. The molecule has 0 heterocycles. The summed E-state index contributed by atoms with van der Waals surface area (Å²) in [6.45, 7) is 1.43. The number of nitrogens with two attached hydrogens (primary N) is 1. The van der Waals surface area contributed by atoms with E-state index in [1.807, 2.05) is 0 Å². The van der Waals surface area contributed by atoms with Crippen molar-refractivity contribution in [2.24, 2.45) is 5.73 Å². The molecular formula is C17H14Cl2N2O4. The molecule has 6 nitrogen and oxygen atoms in total. The van der Waals surface area contributed by atoms with E-state index in [9.17, 15) is 14.4 Å². The summed E-state index contributed by atoms with van der Waals surface area (Å²) in [6, 6.07) is 10.3. The summed E-state index contributed by atoms with van der Waals surface area (Å²) >= 11 is 11.6. The Balaban J connectivity index is 1.98. The van der Waals surface area contributed by atoms with Crippen LogP contribution in [-0.2, 0) is 9.53 Å². The van der Waals surface area contributed by atoms with Gasteiger partial charge in [-0.1, -0.05) is 23.2 Å². The summed E-state index contributed by atoms with van der Waals surface area (Å²) in [7, 11) is 0. The van der Waals surface area contributed by atoms with E-state index in [0.717, 1.165) is 0 Å². The quantitative estimate of drug-likeness (QED) is 0.777. The monoisotopic (exact) mass is 380 g/mol. The van der Waals surface area contributed by atoms with E-state index in [2.05, 4.69) is 5.32 Å². The second-order valence-electron chi connectivity index (χ2n) is 5.11. The van der Waals surface area contributed by atoms with E-state index in [4.69, 9.17) is 33.7 Å². The minimum absolute atomic E-state index is 0.180. The molecule has 130 valence electrons. The van der Waals surface area contributed by atoms with E-state index in [1.165, 1.54) is 49.4 Å². The molecule has 2 amide bonds. The van der Waals surface area contributed by atoms with Crippen molar-refractivity contribution in [3.63, 3.8) is 0 Å². The van der Waals surface area contributed by atoms with Crippen molar-refractivity contribution < 1.29 is 19.1 Å². The highest BCUT2D eigenvalue weighted by molar-refractivity contribution is 6.42. The summed E-state index contributed by atoms with van der Waals surface area (Å²) in [5.74, 6) is -1.80. The Kier molecular flexibility index (Phi) is 6.01. The predicted molar refractivity (Wildman–Crippen MR) is 94.9 cm³/mol. The van der Waals surface area contributed by atoms with Crippen LogP contribution in [0.1, 0.15) is 27.6 Å². The lowest BCUT2D eigenvalue weighted by molar-refractivity contribution is -0.123. The number of carbonyl (C=O) groups excluding carboxylic acids is 3. The van der Waals surface area contributed by atoms with E-state index in [0.29, 0.717) is 16.3 Å². The molecule has 25 heavy (non-hydrogen) atoms. The summed E-state index contributed by atoms with van der Waals surface area (Å²) in [4.78, 5) is 35.1. The fraction of sp³-hybridized carbons (Fsp3) is 0.118. The largest absolute Gasteiger partial charge is 0.449 e. The highest BCUT2D eigenvalue weighted by Crippen LogP contribution is 2.23. The van der Waals surface area contributed by atoms with Crippen LogP contribution in [0, 0.1) is 0 Å². The Labute approximate surface area is 153 Å². The lowest BCUT2D eigenvalue weighted by Gasteiger charge is -2.14. The fourth-order valence-electron chi connectivity index (χ4n) is 1.87. The molecule has 0 aromatic heterocycles. The first-order valence-corrected chi connectivity index (χ1v) is 7.90. The molecule has 3 N–H and O–H groups in total. The van der Waals surface area contributed by atoms with Gasteiger partial charge in [0.05, 0.1) is 15.6 Å². The Bertz CT molecular complexity index is 822. The van der Waals surface area contributed by atoms with Crippen LogP contribution < -0.4 is 11.1 Å². The van der Waals surface area contributed by atoms with Gasteiger partial charge in [0.15, 0.2) is 6.10 Å². The average molecular weight is 381 g/mol. The van der Waals surface area contributed by atoms with Crippen molar-refractivity contribution in [2.75, 3.05) is 5.32 Å². The molecule has 0 radical (unpaired) electrons. The third-order valence-electron chi connectivity index (χ3n) is 3.25. The first-order valence-electron chi connectivity index (χ1n) is 7.14. The van der Waals surface area contributed by atoms with Crippen molar-refractivity contribution in [1.82, 2.24) is 0 Å². The van der Waals surface area contributed by atoms with Gasteiger partial charge in [-0.25, -0.2) is 4.79 Å². The van der Waals surface area contributed by atoms with Crippen LogP contribution in [0.15, 0.2) is 42.5 Å². The number of esters is 1. The summed E-state index contributed by atoms with van der Waals surface area (Å²) in [6.07, 6.45) is -1.04. The average Bonchev–Trinajstić information content (AvgIpc) is 2.57. The third kappa shape index (κ3) is 4.95. The van der Waals surface area contributed by atoms with Crippen LogP contribution >= 0.6 is 23.2 Å². The SMILES string of the molecule is C[C@@H](OC(=O)c1ccc(Cl)c(Cl)c1)C(=O)Nc1ccc(C(N)=O)cc1. The van der Waals surface area contributed by atoms with Gasteiger partial charge in [-0.3, -0.25) is 9.59 Å². The maximum Gasteiger partial charge on any atom is 0.338 e. The summed E-state index contributed by atoms with van der Waals surface area (Å²) in [5, 5.41) is 3.09. The molecule has 8 heteroatoms. The Morgan fingerprint density at radius 1 is 1.00 bits per heavy atom. The number of benzene rings is 2. The third-order valence-corrected chi connectivity index (χ3v) is 3.98. The first kappa shape index (κ1) is 18.8. The fourth-order valence-corrected chi connectivity index (χ4v) is 2.17. The Hall–Kier alpha value is -2.57. The van der Waals surface area contributed by atoms with Crippen molar-refractivity contribution in [2.45, 2.75) is 13.0 Å². The molecule has 2 aromatic carbocycles. The molecule has 0 saturated carbocycles. The molecule has 0 spiro atoms. The molecule has 0 fully saturated rings. The number of hydrogen-bond donors (Lipinski definition) is 2. The van der Waals surface area contributed by atoms with Gasteiger partial charge in [-0.2, -0.15) is 0 Å². The molecule has 0 bridgehead atoms. The number of nitrogens with one attached hydrogen (secondary N) is 1. The maximum atomic E-state index is 12.1. The summed E-state index contributed by atoms with van der Waals surface area (Å²) < 4.78 is 5.10. The van der Waals surface area contributed by atoms with Crippen molar-refractivity contribution in [3.05, 3.63) is 63.6 Å². The lowest BCUT2D eigenvalue weighted by Crippen LogP contribution is -2.30. The van der Waals surface area contributed by atoms with Gasteiger partial charge in [0.1, 0.15) is 0 Å². The number of primary amides is 1. The number of carbonyl (C=O) groups is 3. The normalized spacial score (nSPS) is 11.5. The van der Waals surface area contributed by atoms with Gasteiger partial charge >= 0.3 is 5.97 Å². The Morgan fingerprint density at radius 3 is 2.16 bits per heavy atom. The Morgan fingerprint density at radius 2 is 1.60 bits per heavy atom. The molecule has 2 rings (SSSR count). The summed E-state index contributed by atoms with van der Waals surface area (Å²) in [5.41, 5.74) is 6.08. The minimum atomic E-state index is -1.04. The van der Waals surface area contributed by atoms with E-state index < -0.39 is 23.9 Å². The maximum absolute atomic E-state index is 12.1. The molecule has 0 aliphatic rings. The zero-order chi connectivity index (χ0) is 18.6. The van der Waals surface area contributed by atoms with Crippen molar-refractivity contribution >= 4 is 46.7 Å². The highest BCUT2D eigenvalue weighted by atomic mass is 35.5. The zero-order valence-electron chi connectivity index (χ0n) is 13.1. The van der Waals surface area contributed by atoms with E-state index >= 15 is 0 Å². The first-order chi connectivity index (χ1) is 11.8. The van der Waals surface area contributed by atoms with Crippen LogP contribution in [-0.4, -0.2) is 23.9 Å². The number of anilines is 1. The standard InChI is InChI=1S/C17H14Cl2N2O4/c1-9(25-17(24)11-4-7-13(18)14(19)8-11)16(23)21-12-5-2-10(3-6-12)15(20)22/h2-9H,1H3,(H2,20,22)(H,21,23)/t9-/m1/s1. The predicted octanol–water partition coefficient (Wildman–Crippen LogP) is 3.28. The zero-order valence-corrected chi connectivity index (χ0v) is 14.6. The van der Waals surface area contributed by atoms with Crippen molar-refractivity contribution in [3.8, 4) is 0 Å². The molecule has 2 aromatic rings. The topological polar surface area (TPSA) is 98.5 Å². The molecule has 0 unspecified atom stereocenters. The van der Waals surface area contributed by atoms with Crippen molar-refractivity contribution in [1.29, 1.82) is 0 Å². The van der Waals surface area contributed by atoms with Crippen LogP contribution in [0.5, 0.6) is 0 Å². The second-order valence-corrected chi connectivity index (χ2v) is 5.92. The molecular weight excluding hydrogens is 367 g/mol. The van der Waals surface area contributed by atoms with Gasteiger partial charge in [0.2, 0.25) is 5.91 Å². The van der Waals surface area contributed by atoms with Gasteiger partial charge in [0.25, 0.3) is 5.91 Å². The van der Waals surface area contributed by atoms with E-state index in [1.54, 1.807) is 0 Å². The second kappa shape index (κ2) is 8.00. The lowest BCUT2D eigenvalue weighted by atomic mass is 10.2. The van der Waals surface area contributed by atoms with Gasteiger partial charge < -0.3 is 15.8 Å². The molecule has 1 atom stereocenters. The number of hydrogen-bond acceptors (Lipinski definition) is 4.